The Bertz CT molecular complexity index is 509. The molecule has 3 N–H and O–H groups in total. The van der Waals surface area contributed by atoms with E-state index in [1.807, 2.05) is 0 Å². The summed E-state index contributed by atoms with van der Waals surface area (Å²) >= 11 is 0. The summed E-state index contributed by atoms with van der Waals surface area (Å²) in [6, 6.07) is 6.78. The first-order valence-corrected chi connectivity index (χ1v) is 4.60. The van der Waals surface area contributed by atoms with Gasteiger partial charge in [-0.05, 0) is 24.3 Å². The Kier molecular flexibility index (Phi) is 2.59. The lowest BCUT2D eigenvalue weighted by Crippen LogP contribution is -2.13. The molecule has 1 heterocycles. The first kappa shape index (κ1) is 10.2. The highest BCUT2D eigenvalue weighted by Crippen LogP contribution is 2.19. The van der Waals surface area contributed by atoms with Crippen LogP contribution in [0.25, 0.3) is 0 Å². The van der Waals surface area contributed by atoms with Gasteiger partial charge in [0.1, 0.15) is 17.3 Å². The van der Waals surface area contributed by atoms with Crippen LogP contribution in [0.4, 0.5) is 10.1 Å². The topological polar surface area (TPSA) is 65.1 Å². The van der Waals surface area contributed by atoms with Crippen molar-refractivity contribution >= 4 is 11.6 Å². The number of aromatic nitrogens is 1. The summed E-state index contributed by atoms with van der Waals surface area (Å²) in [4.78, 5) is 14.2. The van der Waals surface area contributed by atoms with Gasteiger partial charge >= 0.3 is 0 Å². The van der Waals surface area contributed by atoms with Gasteiger partial charge in [0.25, 0.3) is 5.91 Å². The number of aromatic hydroxyl groups is 1. The molecule has 4 nitrogen and oxygen atoms in total. The summed E-state index contributed by atoms with van der Waals surface area (Å²) in [5.74, 6) is -1.30. The van der Waals surface area contributed by atoms with Crippen molar-refractivity contribution in [2.45, 2.75) is 0 Å². The van der Waals surface area contributed by atoms with Gasteiger partial charge in [-0.25, -0.2) is 4.39 Å². The molecule has 0 spiro atoms. The third-order valence-electron chi connectivity index (χ3n) is 2.04. The van der Waals surface area contributed by atoms with E-state index >= 15 is 0 Å². The number of aromatic amines is 1. The molecular formula is C11H9FN2O2. The van der Waals surface area contributed by atoms with Crippen molar-refractivity contribution < 1.29 is 14.3 Å². The van der Waals surface area contributed by atoms with E-state index in [2.05, 4.69) is 10.3 Å². The molecule has 0 aliphatic rings. The molecular weight excluding hydrogens is 211 g/mol. The fourth-order valence-electron chi connectivity index (χ4n) is 1.27. The Hall–Kier alpha value is -2.30. The standard InChI is InChI=1S/C11H9FN2O2/c12-8-6-7(15)3-4-9(8)14-11(16)10-2-1-5-13-10/h1-6,13,15H,(H,14,16). The summed E-state index contributed by atoms with van der Waals surface area (Å²) < 4.78 is 13.3. The summed E-state index contributed by atoms with van der Waals surface area (Å²) in [5, 5.41) is 11.4. The highest BCUT2D eigenvalue weighted by atomic mass is 19.1. The number of rotatable bonds is 2. The zero-order chi connectivity index (χ0) is 11.5. The Labute approximate surface area is 90.7 Å². The van der Waals surface area contributed by atoms with Crippen LogP contribution in [0.1, 0.15) is 10.5 Å². The number of benzene rings is 1. The fraction of sp³-hybridized carbons (Fsp3) is 0. The summed E-state index contributed by atoms with van der Waals surface area (Å²) in [7, 11) is 0. The van der Waals surface area contributed by atoms with Crippen molar-refractivity contribution in [2.24, 2.45) is 0 Å². The number of hydrogen-bond donors (Lipinski definition) is 3. The normalized spacial score (nSPS) is 10.1. The van der Waals surface area contributed by atoms with Crippen LogP contribution in [-0.4, -0.2) is 16.0 Å². The van der Waals surface area contributed by atoms with E-state index in [-0.39, 0.29) is 11.4 Å². The minimum atomic E-state index is -0.681. The Balaban J connectivity index is 2.18. The number of carbonyl (C=O) groups is 1. The minimum absolute atomic E-state index is 0.0254. The minimum Gasteiger partial charge on any atom is -0.508 e. The number of halogens is 1. The summed E-state index contributed by atoms with van der Waals surface area (Å²) in [5.41, 5.74) is 0.366. The molecule has 0 aliphatic heterocycles. The number of anilines is 1. The second-order valence-corrected chi connectivity index (χ2v) is 3.20. The molecule has 0 aliphatic carbocycles. The maximum absolute atomic E-state index is 13.3. The van der Waals surface area contributed by atoms with Crippen LogP contribution in [0.3, 0.4) is 0 Å². The van der Waals surface area contributed by atoms with E-state index < -0.39 is 11.7 Å². The number of nitrogens with one attached hydrogen (secondary N) is 2. The number of carbonyl (C=O) groups excluding carboxylic acids is 1. The lowest BCUT2D eigenvalue weighted by Gasteiger charge is -2.05. The van der Waals surface area contributed by atoms with Crippen molar-refractivity contribution in [3.05, 3.63) is 48.0 Å². The lowest BCUT2D eigenvalue weighted by atomic mass is 10.2. The van der Waals surface area contributed by atoms with Gasteiger partial charge in [-0.3, -0.25) is 4.79 Å². The highest BCUT2D eigenvalue weighted by molar-refractivity contribution is 6.03. The predicted octanol–water partition coefficient (Wildman–Crippen LogP) is 2.11. The van der Waals surface area contributed by atoms with Crippen LogP contribution in [-0.2, 0) is 0 Å². The van der Waals surface area contributed by atoms with Crippen LogP contribution in [0.5, 0.6) is 5.75 Å². The van der Waals surface area contributed by atoms with Crippen LogP contribution >= 0.6 is 0 Å². The molecule has 0 bridgehead atoms. The zero-order valence-electron chi connectivity index (χ0n) is 8.20. The van der Waals surface area contributed by atoms with Gasteiger partial charge in [0.05, 0.1) is 5.69 Å². The SMILES string of the molecule is O=C(Nc1ccc(O)cc1F)c1ccc[nH]1. The maximum atomic E-state index is 13.3. The van der Waals surface area contributed by atoms with Crippen LogP contribution in [0.2, 0.25) is 0 Å². The van der Waals surface area contributed by atoms with Gasteiger partial charge < -0.3 is 15.4 Å². The smallest absolute Gasteiger partial charge is 0.272 e. The molecule has 5 heteroatoms. The fourth-order valence-corrected chi connectivity index (χ4v) is 1.27. The molecule has 82 valence electrons. The monoisotopic (exact) mass is 220 g/mol. The van der Waals surface area contributed by atoms with Crippen LogP contribution in [0, 0.1) is 5.82 Å². The van der Waals surface area contributed by atoms with Gasteiger partial charge in [0, 0.05) is 12.3 Å². The molecule has 0 fully saturated rings. The van der Waals surface area contributed by atoms with Crippen LogP contribution < -0.4 is 5.32 Å². The van der Waals surface area contributed by atoms with E-state index in [0.29, 0.717) is 5.69 Å². The lowest BCUT2D eigenvalue weighted by molar-refractivity contribution is 0.102. The molecule has 0 saturated carbocycles. The molecule has 0 saturated heterocycles. The van der Waals surface area contributed by atoms with Gasteiger partial charge in [-0.2, -0.15) is 0 Å². The molecule has 2 aromatic rings. The predicted molar refractivity (Wildman–Crippen MR) is 56.8 cm³/mol. The molecule has 1 aromatic heterocycles. The number of hydrogen-bond acceptors (Lipinski definition) is 2. The average Bonchev–Trinajstić information content (AvgIpc) is 2.75. The van der Waals surface area contributed by atoms with Crippen molar-refractivity contribution in [3.63, 3.8) is 0 Å². The molecule has 1 aromatic carbocycles. The van der Waals surface area contributed by atoms with Crippen molar-refractivity contribution in [2.75, 3.05) is 5.32 Å². The largest absolute Gasteiger partial charge is 0.508 e. The molecule has 16 heavy (non-hydrogen) atoms. The quantitative estimate of drug-likeness (QED) is 0.678. The first-order chi connectivity index (χ1) is 7.66. The van der Waals surface area contributed by atoms with Gasteiger partial charge in [0.2, 0.25) is 0 Å². The van der Waals surface area contributed by atoms with E-state index in [0.717, 1.165) is 6.07 Å². The Morgan fingerprint density at radius 3 is 2.81 bits per heavy atom. The Morgan fingerprint density at radius 1 is 1.38 bits per heavy atom. The third-order valence-corrected chi connectivity index (χ3v) is 2.04. The average molecular weight is 220 g/mol. The molecule has 1 amide bonds. The molecule has 0 unspecified atom stereocenters. The van der Waals surface area contributed by atoms with E-state index in [4.69, 9.17) is 5.11 Å². The highest BCUT2D eigenvalue weighted by Gasteiger charge is 2.09. The van der Waals surface area contributed by atoms with E-state index in [1.54, 1.807) is 18.3 Å². The molecule has 0 radical (unpaired) electrons. The van der Waals surface area contributed by atoms with E-state index in [1.165, 1.54) is 12.1 Å². The van der Waals surface area contributed by atoms with Gasteiger partial charge in [-0.15, -0.1) is 0 Å². The molecule has 2 rings (SSSR count). The summed E-state index contributed by atoms with van der Waals surface area (Å²) in [6.07, 6.45) is 1.60. The van der Waals surface area contributed by atoms with Gasteiger partial charge in [0.15, 0.2) is 0 Å². The number of H-pyrrole nitrogens is 1. The number of phenolic OH excluding ortho intramolecular Hbond substituents is 1. The maximum Gasteiger partial charge on any atom is 0.272 e. The Morgan fingerprint density at radius 2 is 2.19 bits per heavy atom. The van der Waals surface area contributed by atoms with Crippen molar-refractivity contribution in [1.29, 1.82) is 0 Å². The number of amides is 1. The van der Waals surface area contributed by atoms with Crippen molar-refractivity contribution in [1.82, 2.24) is 4.98 Å². The zero-order valence-corrected chi connectivity index (χ0v) is 8.20. The van der Waals surface area contributed by atoms with E-state index in [9.17, 15) is 9.18 Å². The van der Waals surface area contributed by atoms with Crippen molar-refractivity contribution in [3.8, 4) is 5.75 Å². The molecule has 0 atom stereocenters. The second kappa shape index (κ2) is 4.06. The number of phenols is 1. The van der Waals surface area contributed by atoms with Crippen LogP contribution in [0.15, 0.2) is 36.5 Å². The van der Waals surface area contributed by atoms with Gasteiger partial charge in [-0.1, -0.05) is 0 Å². The first-order valence-electron chi connectivity index (χ1n) is 4.60. The third kappa shape index (κ3) is 2.03. The second-order valence-electron chi connectivity index (χ2n) is 3.20. The summed E-state index contributed by atoms with van der Waals surface area (Å²) in [6.45, 7) is 0.